The van der Waals surface area contributed by atoms with Crippen molar-refractivity contribution in [2.75, 3.05) is 18.8 Å². The summed E-state index contributed by atoms with van der Waals surface area (Å²) in [6.07, 6.45) is 6.58. The van der Waals surface area contributed by atoms with E-state index in [0.717, 1.165) is 30.6 Å². The van der Waals surface area contributed by atoms with Crippen LogP contribution in [0.2, 0.25) is 0 Å². The fourth-order valence-corrected chi connectivity index (χ4v) is 5.95. The van der Waals surface area contributed by atoms with Gasteiger partial charge in [-0.05, 0) is 30.7 Å². The van der Waals surface area contributed by atoms with Gasteiger partial charge in [0, 0.05) is 36.2 Å². The summed E-state index contributed by atoms with van der Waals surface area (Å²) in [6, 6.07) is 4.10. The van der Waals surface area contributed by atoms with E-state index in [0.29, 0.717) is 25.8 Å². The summed E-state index contributed by atoms with van der Waals surface area (Å²) in [7, 11) is -3.55. The Morgan fingerprint density at radius 1 is 1.08 bits per heavy atom. The van der Waals surface area contributed by atoms with E-state index in [9.17, 15) is 18.0 Å². The number of nitrogens with zero attached hydrogens (tertiary/aromatic N) is 1. The van der Waals surface area contributed by atoms with Gasteiger partial charge in [0.25, 0.3) is 0 Å². The molecule has 0 atom stereocenters. The molecule has 1 aliphatic heterocycles. The Hall–Kier alpha value is -1.25. The van der Waals surface area contributed by atoms with Crippen LogP contribution in [0.25, 0.3) is 0 Å². The lowest BCUT2D eigenvalue weighted by molar-refractivity contribution is -0.147. The number of carbonyl (C=O) groups is 2. The zero-order valence-electron chi connectivity index (χ0n) is 14.9. The fourth-order valence-electron chi connectivity index (χ4n) is 3.90. The van der Waals surface area contributed by atoms with Crippen LogP contribution < -0.4 is 4.72 Å². The number of sulfonamides is 1. The Morgan fingerprint density at radius 2 is 1.77 bits per heavy atom. The molecule has 0 radical (unpaired) electrons. The molecule has 0 bridgehead atoms. The number of piperidine rings is 1. The molecular formula is C18H26N2O4S2. The van der Waals surface area contributed by atoms with Crippen molar-refractivity contribution in [2.24, 2.45) is 0 Å². The molecule has 2 fully saturated rings. The Labute approximate surface area is 159 Å². The van der Waals surface area contributed by atoms with Crippen molar-refractivity contribution in [1.82, 2.24) is 9.62 Å². The molecule has 1 saturated carbocycles. The van der Waals surface area contributed by atoms with Crippen LogP contribution in [0.1, 0.15) is 56.2 Å². The van der Waals surface area contributed by atoms with Crippen LogP contribution in [0.5, 0.6) is 0 Å². The molecule has 0 aromatic carbocycles. The maximum atomic E-state index is 12.5. The summed E-state index contributed by atoms with van der Waals surface area (Å²) >= 11 is 1.68. The summed E-state index contributed by atoms with van der Waals surface area (Å²) < 4.78 is 27.7. The Balaban J connectivity index is 1.61. The summed E-state index contributed by atoms with van der Waals surface area (Å²) in [5.41, 5.74) is -0.129. The number of hydrogen-bond acceptors (Lipinski definition) is 5. The molecule has 144 valence electrons. The monoisotopic (exact) mass is 398 g/mol. The molecule has 1 N–H and O–H groups in total. The van der Waals surface area contributed by atoms with Crippen molar-refractivity contribution in [3.05, 3.63) is 22.4 Å². The van der Waals surface area contributed by atoms with E-state index < -0.39 is 10.0 Å². The van der Waals surface area contributed by atoms with Crippen LogP contribution >= 0.6 is 11.3 Å². The first kappa shape index (κ1) is 19.5. The molecule has 6 nitrogen and oxygen atoms in total. The predicted octanol–water partition coefficient (Wildman–Crippen LogP) is 2.41. The van der Waals surface area contributed by atoms with E-state index in [4.69, 9.17) is 0 Å². The molecule has 1 aliphatic carbocycles. The van der Waals surface area contributed by atoms with E-state index >= 15 is 0 Å². The number of carbonyl (C=O) groups excluding carboxylic acids is 2. The molecular weight excluding hydrogens is 372 g/mol. The van der Waals surface area contributed by atoms with Crippen LogP contribution in [-0.2, 0) is 25.0 Å². The highest BCUT2D eigenvalue weighted by Crippen LogP contribution is 2.41. The van der Waals surface area contributed by atoms with Gasteiger partial charge in [0.15, 0.2) is 0 Å². The van der Waals surface area contributed by atoms with E-state index in [-0.39, 0.29) is 29.5 Å². The van der Waals surface area contributed by atoms with Gasteiger partial charge in [-0.3, -0.25) is 14.5 Å². The quantitative estimate of drug-likeness (QED) is 0.715. The molecule has 3 rings (SSSR count). The second kappa shape index (κ2) is 8.19. The molecule has 2 heterocycles. The van der Waals surface area contributed by atoms with E-state index in [2.05, 4.69) is 10.8 Å². The number of thiophene rings is 1. The fraction of sp³-hybridized carbons (Fsp3) is 0.667. The number of amides is 2. The van der Waals surface area contributed by atoms with E-state index in [1.54, 1.807) is 11.3 Å². The topological polar surface area (TPSA) is 83.6 Å². The number of rotatable bonds is 7. The first-order chi connectivity index (χ1) is 12.4. The van der Waals surface area contributed by atoms with Gasteiger partial charge in [0.1, 0.15) is 0 Å². The highest BCUT2D eigenvalue weighted by atomic mass is 32.2. The van der Waals surface area contributed by atoms with Crippen molar-refractivity contribution in [3.8, 4) is 0 Å². The maximum Gasteiger partial charge on any atom is 0.229 e. The van der Waals surface area contributed by atoms with Crippen molar-refractivity contribution < 1.29 is 18.0 Å². The minimum absolute atomic E-state index is 0.0565. The number of nitrogens with one attached hydrogen (secondary N) is 1. The normalized spacial score (nSPS) is 21.2. The smallest absolute Gasteiger partial charge is 0.229 e. The van der Waals surface area contributed by atoms with Gasteiger partial charge in [-0.2, -0.15) is 0 Å². The predicted molar refractivity (Wildman–Crippen MR) is 101 cm³/mol. The van der Waals surface area contributed by atoms with Crippen molar-refractivity contribution in [3.63, 3.8) is 0 Å². The van der Waals surface area contributed by atoms with Gasteiger partial charge in [0.2, 0.25) is 21.8 Å². The Morgan fingerprint density at radius 3 is 2.38 bits per heavy atom. The lowest BCUT2D eigenvalue weighted by Gasteiger charge is -2.36. The molecule has 0 spiro atoms. The SMILES string of the molecule is O=C1CCCC(=O)N1CCS(=O)(=O)NCC1(c2cccs2)CCCCC1. The minimum atomic E-state index is -3.55. The zero-order chi connectivity index (χ0) is 18.6. The average molecular weight is 399 g/mol. The van der Waals surface area contributed by atoms with E-state index in [1.807, 2.05) is 11.4 Å². The van der Waals surface area contributed by atoms with Crippen LogP contribution in [0, 0.1) is 0 Å². The van der Waals surface area contributed by atoms with Crippen LogP contribution in [0.3, 0.4) is 0 Å². The molecule has 8 heteroatoms. The molecule has 2 aliphatic rings. The summed E-state index contributed by atoms with van der Waals surface area (Å²) in [5.74, 6) is -0.761. The van der Waals surface area contributed by atoms with Gasteiger partial charge < -0.3 is 0 Å². The first-order valence-electron chi connectivity index (χ1n) is 9.26. The lowest BCUT2D eigenvalue weighted by Crippen LogP contribution is -2.46. The molecule has 2 amide bonds. The minimum Gasteiger partial charge on any atom is -0.282 e. The summed E-state index contributed by atoms with van der Waals surface area (Å²) in [5, 5.41) is 2.04. The second-order valence-corrected chi connectivity index (χ2v) is 10.1. The lowest BCUT2D eigenvalue weighted by atomic mass is 9.73. The molecule has 1 aromatic rings. The maximum absolute atomic E-state index is 12.5. The average Bonchev–Trinajstić information content (AvgIpc) is 3.16. The molecule has 0 unspecified atom stereocenters. The highest BCUT2D eigenvalue weighted by Gasteiger charge is 2.36. The third-order valence-corrected chi connectivity index (χ3v) is 7.87. The Kier molecular flexibility index (Phi) is 6.14. The van der Waals surface area contributed by atoms with Gasteiger partial charge in [-0.1, -0.05) is 25.3 Å². The summed E-state index contributed by atoms with van der Waals surface area (Å²) in [4.78, 5) is 26.0. The molecule has 26 heavy (non-hydrogen) atoms. The highest BCUT2D eigenvalue weighted by molar-refractivity contribution is 7.89. The van der Waals surface area contributed by atoms with Gasteiger partial charge in [0.05, 0.1) is 5.75 Å². The standard InChI is InChI=1S/C18H26N2O4S2/c21-16-7-4-8-17(22)20(16)11-13-26(23,24)19-14-18(9-2-1-3-10-18)15-6-5-12-25-15/h5-6,12,19H,1-4,7-11,13-14H2. The van der Waals surface area contributed by atoms with Gasteiger partial charge in [-0.25, -0.2) is 13.1 Å². The van der Waals surface area contributed by atoms with Crippen molar-refractivity contribution >= 4 is 33.2 Å². The molecule has 1 saturated heterocycles. The van der Waals surface area contributed by atoms with Gasteiger partial charge >= 0.3 is 0 Å². The summed E-state index contributed by atoms with van der Waals surface area (Å²) in [6.45, 7) is 0.330. The van der Waals surface area contributed by atoms with Gasteiger partial charge in [-0.15, -0.1) is 11.3 Å². The second-order valence-electron chi connectivity index (χ2n) is 7.25. The number of likely N-dealkylation sites (tertiary alicyclic amines) is 1. The number of imide groups is 1. The first-order valence-corrected chi connectivity index (χ1v) is 11.8. The van der Waals surface area contributed by atoms with E-state index in [1.165, 1.54) is 11.3 Å². The van der Waals surface area contributed by atoms with Crippen molar-refractivity contribution in [2.45, 2.75) is 56.8 Å². The van der Waals surface area contributed by atoms with Crippen LogP contribution in [0.15, 0.2) is 17.5 Å². The largest absolute Gasteiger partial charge is 0.282 e. The third-order valence-electron chi connectivity index (χ3n) is 5.45. The third kappa shape index (κ3) is 4.53. The van der Waals surface area contributed by atoms with Crippen LogP contribution in [0.4, 0.5) is 0 Å². The Bertz CT molecular complexity index is 721. The zero-order valence-corrected chi connectivity index (χ0v) is 16.5. The number of hydrogen-bond donors (Lipinski definition) is 1. The van der Waals surface area contributed by atoms with Crippen molar-refractivity contribution in [1.29, 1.82) is 0 Å². The van der Waals surface area contributed by atoms with Crippen LogP contribution in [-0.4, -0.2) is 44.0 Å². The molecule has 1 aromatic heterocycles.